The lowest BCUT2D eigenvalue weighted by atomic mass is 9.72. The highest BCUT2D eigenvalue weighted by atomic mass is 16.5. The van der Waals surface area contributed by atoms with E-state index >= 15 is 0 Å². The van der Waals surface area contributed by atoms with Gasteiger partial charge in [0.15, 0.2) is 5.82 Å². The van der Waals surface area contributed by atoms with Crippen molar-refractivity contribution < 1.29 is 9.53 Å². The van der Waals surface area contributed by atoms with Crippen molar-refractivity contribution in [1.29, 1.82) is 0 Å². The van der Waals surface area contributed by atoms with Crippen LogP contribution < -0.4 is 15.4 Å². The van der Waals surface area contributed by atoms with E-state index in [1.165, 1.54) is 5.57 Å². The Bertz CT molecular complexity index is 2020. The Hall–Kier alpha value is -4.94. The fraction of sp³-hybridized carbons (Fsp3) is 0.405. The summed E-state index contributed by atoms with van der Waals surface area (Å²) in [6.07, 6.45) is 8.68. The molecule has 0 saturated carbocycles. The molecule has 8 rings (SSSR count). The van der Waals surface area contributed by atoms with Crippen molar-refractivity contribution in [2.24, 2.45) is 12.5 Å². The zero-order valence-electron chi connectivity index (χ0n) is 28.3. The number of rotatable bonds is 8. The number of aryl methyl sites for hydroxylation is 1. The molecule has 0 bridgehead atoms. The molecule has 252 valence electrons. The van der Waals surface area contributed by atoms with Crippen LogP contribution in [0, 0.1) is 5.41 Å². The van der Waals surface area contributed by atoms with Crippen molar-refractivity contribution in [1.82, 2.24) is 50.0 Å². The molecule has 4 aromatic heterocycles. The molecular weight excluding hydrogens is 616 g/mol. The van der Waals surface area contributed by atoms with Gasteiger partial charge >= 0.3 is 0 Å². The fourth-order valence-corrected chi connectivity index (χ4v) is 7.90. The number of carbonyl (C=O) groups excluding carboxylic acids is 1. The minimum absolute atomic E-state index is 0.00197. The Labute approximate surface area is 285 Å². The number of aromatic nitrogens is 7. The summed E-state index contributed by atoms with van der Waals surface area (Å²) in [5.74, 6) is 1.38. The minimum atomic E-state index is -0.738. The highest BCUT2D eigenvalue weighted by Gasteiger charge is 2.59. The van der Waals surface area contributed by atoms with Crippen LogP contribution in [0.2, 0.25) is 0 Å². The average Bonchev–Trinajstić information content (AvgIpc) is 3.93. The Morgan fingerprint density at radius 1 is 1.00 bits per heavy atom. The van der Waals surface area contributed by atoms with Gasteiger partial charge in [-0.25, -0.2) is 14.6 Å². The van der Waals surface area contributed by atoms with Crippen LogP contribution in [0.15, 0.2) is 73.2 Å². The lowest BCUT2D eigenvalue weighted by Gasteiger charge is -2.44. The summed E-state index contributed by atoms with van der Waals surface area (Å²) in [4.78, 5) is 30.4. The molecule has 3 aliphatic rings. The van der Waals surface area contributed by atoms with Gasteiger partial charge in [0, 0.05) is 49.9 Å². The van der Waals surface area contributed by atoms with Crippen molar-refractivity contribution in [3.63, 3.8) is 0 Å². The topological polar surface area (TPSA) is 128 Å². The molecule has 2 fully saturated rings. The monoisotopic (exact) mass is 658 g/mol. The zero-order valence-corrected chi connectivity index (χ0v) is 28.3. The number of carbonyl (C=O) groups is 1. The molecule has 1 spiro atoms. The standard InChI is InChI=1S/C37H42N10O2/c1-25(2)49-31-8-4-6-29(42-31)33-34-30(7-5-17-39-34)47(43-33)37(36(16-19-41-37)15-18-38-23-36)22-32(48)46-20-13-27(14-21-46)26-9-11-28(12-10-26)35-40-24-45(3)44-35/h4-13,17,24-25,38,41H,14-16,18-23H2,1-3H3/t36?,37-/m0/s1. The number of hydrogen-bond acceptors (Lipinski definition) is 9. The van der Waals surface area contributed by atoms with Crippen molar-refractivity contribution in [3.05, 3.63) is 78.8 Å². The third kappa shape index (κ3) is 5.58. The van der Waals surface area contributed by atoms with Gasteiger partial charge in [-0.1, -0.05) is 36.4 Å². The molecule has 12 heteroatoms. The predicted octanol–water partition coefficient (Wildman–Crippen LogP) is 4.41. The van der Waals surface area contributed by atoms with E-state index in [1.54, 1.807) is 17.2 Å². The van der Waals surface area contributed by atoms with E-state index in [0.717, 1.165) is 61.1 Å². The second kappa shape index (κ2) is 12.5. The fourth-order valence-electron chi connectivity index (χ4n) is 7.90. The number of nitrogens with one attached hydrogen (secondary N) is 2. The van der Waals surface area contributed by atoms with Gasteiger partial charge in [0.05, 0.1) is 23.7 Å². The van der Waals surface area contributed by atoms with E-state index in [-0.39, 0.29) is 17.4 Å². The van der Waals surface area contributed by atoms with E-state index < -0.39 is 5.66 Å². The lowest BCUT2D eigenvalue weighted by molar-refractivity contribution is -0.135. The summed E-state index contributed by atoms with van der Waals surface area (Å²) in [5.41, 5.74) is 5.49. The van der Waals surface area contributed by atoms with E-state index in [0.29, 0.717) is 42.6 Å². The molecule has 3 aliphatic heterocycles. The van der Waals surface area contributed by atoms with Gasteiger partial charge < -0.3 is 15.0 Å². The van der Waals surface area contributed by atoms with Gasteiger partial charge in [-0.05, 0) is 75.5 Å². The molecule has 7 heterocycles. The Balaban J connectivity index is 1.10. The molecule has 49 heavy (non-hydrogen) atoms. The van der Waals surface area contributed by atoms with Crippen LogP contribution in [0.1, 0.15) is 45.1 Å². The molecular formula is C37H42N10O2. The van der Waals surface area contributed by atoms with Gasteiger partial charge in [-0.3, -0.25) is 19.8 Å². The molecule has 2 N–H and O–H groups in total. The highest BCUT2D eigenvalue weighted by Crippen LogP contribution is 2.51. The van der Waals surface area contributed by atoms with Crippen LogP contribution in [0.25, 0.3) is 39.4 Å². The molecule has 0 aliphatic carbocycles. The van der Waals surface area contributed by atoms with Crippen LogP contribution >= 0.6 is 0 Å². The smallest absolute Gasteiger partial charge is 0.226 e. The average molecular weight is 659 g/mol. The number of amides is 1. The number of pyridine rings is 2. The van der Waals surface area contributed by atoms with Gasteiger partial charge in [0.2, 0.25) is 11.8 Å². The Morgan fingerprint density at radius 3 is 2.57 bits per heavy atom. The molecule has 12 nitrogen and oxygen atoms in total. The molecule has 1 amide bonds. The summed E-state index contributed by atoms with van der Waals surface area (Å²) in [7, 11) is 1.87. The number of nitrogens with zero attached hydrogens (tertiary/aromatic N) is 8. The maximum atomic E-state index is 14.4. The third-order valence-electron chi connectivity index (χ3n) is 10.3. The zero-order chi connectivity index (χ0) is 33.6. The SMILES string of the molecule is CC(C)Oc1cccc(-c2nn([C@]3(CC(=O)N4CC=C(c5ccc(-c6ncn(C)n6)cc5)CC4)NCCC34CCNC4)c3cccnc23)n1. The number of benzene rings is 1. The first kappa shape index (κ1) is 31.3. The third-order valence-corrected chi connectivity index (χ3v) is 10.3. The summed E-state index contributed by atoms with van der Waals surface area (Å²) in [6.45, 7) is 7.72. The van der Waals surface area contributed by atoms with E-state index in [2.05, 4.69) is 61.8 Å². The predicted molar refractivity (Wildman–Crippen MR) is 187 cm³/mol. The molecule has 0 radical (unpaired) electrons. The lowest BCUT2D eigenvalue weighted by Crippen LogP contribution is -2.58. The first-order chi connectivity index (χ1) is 23.8. The quantitative estimate of drug-likeness (QED) is 0.249. The minimum Gasteiger partial charge on any atom is -0.475 e. The summed E-state index contributed by atoms with van der Waals surface area (Å²) in [6, 6.07) is 18.1. The molecule has 1 unspecified atom stereocenters. The van der Waals surface area contributed by atoms with Gasteiger partial charge in [-0.15, -0.1) is 0 Å². The van der Waals surface area contributed by atoms with Gasteiger partial charge in [-0.2, -0.15) is 10.2 Å². The molecule has 2 saturated heterocycles. The summed E-state index contributed by atoms with van der Waals surface area (Å²) in [5, 5.41) is 17.2. The van der Waals surface area contributed by atoms with E-state index in [9.17, 15) is 4.79 Å². The number of fused-ring (bicyclic) bond motifs is 1. The molecule has 1 aromatic carbocycles. The van der Waals surface area contributed by atoms with Crippen molar-refractivity contribution in [2.45, 2.75) is 51.3 Å². The maximum Gasteiger partial charge on any atom is 0.226 e. The highest BCUT2D eigenvalue weighted by molar-refractivity contribution is 5.89. The molecule has 5 aromatic rings. The number of ether oxygens (including phenoxy) is 1. The van der Waals surface area contributed by atoms with Crippen LogP contribution in [0.5, 0.6) is 5.88 Å². The van der Waals surface area contributed by atoms with Crippen LogP contribution in [0.3, 0.4) is 0 Å². The maximum absolute atomic E-state index is 14.4. The van der Waals surface area contributed by atoms with Crippen molar-refractivity contribution in [3.8, 4) is 28.7 Å². The Kier molecular flexibility index (Phi) is 7.99. The largest absolute Gasteiger partial charge is 0.475 e. The van der Waals surface area contributed by atoms with Gasteiger partial charge in [0.1, 0.15) is 23.2 Å². The Morgan fingerprint density at radius 2 is 1.84 bits per heavy atom. The van der Waals surface area contributed by atoms with E-state index in [1.807, 2.05) is 50.1 Å². The summed E-state index contributed by atoms with van der Waals surface area (Å²) >= 11 is 0. The van der Waals surface area contributed by atoms with Crippen LogP contribution in [-0.4, -0.2) is 84.1 Å². The summed E-state index contributed by atoms with van der Waals surface area (Å²) < 4.78 is 9.70. The normalized spacial score (nSPS) is 22.4. The van der Waals surface area contributed by atoms with Gasteiger partial charge in [0.25, 0.3) is 0 Å². The van der Waals surface area contributed by atoms with E-state index in [4.69, 9.17) is 19.8 Å². The van der Waals surface area contributed by atoms with Crippen LogP contribution in [-0.2, 0) is 17.5 Å². The first-order valence-electron chi connectivity index (χ1n) is 17.2. The van der Waals surface area contributed by atoms with Crippen LogP contribution in [0.4, 0.5) is 0 Å². The molecule has 2 atom stereocenters. The number of hydrogen-bond donors (Lipinski definition) is 2. The second-order valence-electron chi connectivity index (χ2n) is 13.7. The van der Waals surface area contributed by atoms with Crippen molar-refractivity contribution in [2.75, 3.05) is 32.7 Å². The van der Waals surface area contributed by atoms with Crippen molar-refractivity contribution >= 4 is 22.5 Å². The first-order valence-corrected chi connectivity index (χ1v) is 17.2. The second-order valence-corrected chi connectivity index (χ2v) is 13.7.